The van der Waals surface area contributed by atoms with Crippen LogP contribution in [-0.4, -0.2) is 0 Å². The van der Waals surface area contributed by atoms with E-state index in [1.54, 1.807) is 0 Å². The van der Waals surface area contributed by atoms with Crippen LogP contribution in [0.5, 0.6) is 0 Å². The molecule has 0 spiro atoms. The summed E-state index contributed by atoms with van der Waals surface area (Å²) in [5, 5.41) is 0.591. The van der Waals surface area contributed by atoms with Crippen molar-refractivity contribution in [3.05, 3.63) is 52.0 Å². The van der Waals surface area contributed by atoms with E-state index in [1.165, 1.54) is 0 Å². The van der Waals surface area contributed by atoms with Gasteiger partial charge in [-0.1, -0.05) is 45.7 Å². The van der Waals surface area contributed by atoms with Crippen LogP contribution >= 0.6 is 27.5 Å². The Morgan fingerprint density at radius 3 is 2.40 bits per heavy atom. The van der Waals surface area contributed by atoms with Gasteiger partial charge in [0.25, 0.3) is 0 Å². The highest BCUT2D eigenvalue weighted by Crippen LogP contribution is 2.28. The fraction of sp³-hybridized carbons (Fsp3) is 0. The summed E-state index contributed by atoms with van der Waals surface area (Å²) in [6.07, 6.45) is 0. The maximum Gasteiger partial charge on any atom is 0.0635 e. The van der Waals surface area contributed by atoms with Crippen molar-refractivity contribution in [2.24, 2.45) is 0 Å². The molecule has 0 aliphatic heterocycles. The number of hydrogen-bond donors (Lipinski definition) is 1. The lowest BCUT2D eigenvalue weighted by molar-refractivity contribution is 1.59. The van der Waals surface area contributed by atoms with Crippen LogP contribution in [0.15, 0.2) is 46.9 Å². The van der Waals surface area contributed by atoms with Crippen molar-refractivity contribution in [2.75, 3.05) is 5.73 Å². The number of anilines is 1. The van der Waals surface area contributed by atoms with Gasteiger partial charge in [0.05, 0.1) is 10.7 Å². The highest BCUT2D eigenvalue weighted by atomic mass is 79.9. The number of nitrogens with two attached hydrogens (primary N) is 1. The Labute approximate surface area is 102 Å². The molecule has 0 saturated heterocycles. The third-order valence-corrected chi connectivity index (χ3v) is 2.99. The van der Waals surface area contributed by atoms with Crippen LogP contribution in [0.4, 0.5) is 5.69 Å². The predicted octanol–water partition coefficient (Wildman–Crippen LogP) is 4.35. The van der Waals surface area contributed by atoms with Crippen LogP contribution in [0.2, 0.25) is 5.02 Å². The van der Waals surface area contributed by atoms with Gasteiger partial charge in [0.2, 0.25) is 0 Å². The number of benzene rings is 2. The van der Waals surface area contributed by atoms with Gasteiger partial charge in [-0.15, -0.1) is 0 Å². The summed E-state index contributed by atoms with van der Waals surface area (Å²) in [7, 11) is 0. The first-order valence-electron chi connectivity index (χ1n) is 4.48. The van der Waals surface area contributed by atoms with Crippen molar-refractivity contribution in [2.45, 2.75) is 0 Å². The van der Waals surface area contributed by atoms with E-state index in [1.807, 2.05) is 42.5 Å². The first kappa shape index (κ1) is 10.5. The zero-order valence-corrected chi connectivity index (χ0v) is 10.2. The molecule has 0 bridgehead atoms. The molecule has 76 valence electrons. The van der Waals surface area contributed by atoms with Gasteiger partial charge in [0, 0.05) is 4.47 Å². The molecule has 0 aliphatic rings. The van der Waals surface area contributed by atoms with Gasteiger partial charge in [-0.2, -0.15) is 0 Å². The predicted molar refractivity (Wildman–Crippen MR) is 69.0 cm³/mol. The number of nitrogen functional groups attached to an aromatic ring is 1. The minimum atomic E-state index is 0.591. The molecule has 2 aromatic rings. The van der Waals surface area contributed by atoms with E-state index in [4.69, 9.17) is 17.3 Å². The lowest BCUT2D eigenvalue weighted by Gasteiger charge is -2.04. The van der Waals surface area contributed by atoms with Gasteiger partial charge in [-0.25, -0.2) is 0 Å². The van der Waals surface area contributed by atoms with Gasteiger partial charge < -0.3 is 5.73 Å². The van der Waals surface area contributed by atoms with Crippen LogP contribution in [0.25, 0.3) is 11.1 Å². The van der Waals surface area contributed by atoms with Crippen LogP contribution in [0.3, 0.4) is 0 Å². The van der Waals surface area contributed by atoms with E-state index in [2.05, 4.69) is 15.9 Å². The van der Waals surface area contributed by atoms with E-state index in [-0.39, 0.29) is 0 Å². The molecule has 0 atom stereocenters. The lowest BCUT2D eigenvalue weighted by atomic mass is 10.1. The molecule has 0 unspecified atom stereocenters. The largest absolute Gasteiger partial charge is 0.398 e. The Balaban J connectivity index is 2.50. The summed E-state index contributed by atoms with van der Waals surface area (Å²) >= 11 is 9.30. The van der Waals surface area contributed by atoms with Gasteiger partial charge in [-0.3, -0.25) is 0 Å². The molecule has 2 N–H and O–H groups in total. The minimum Gasteiger partial charge on any atom is -0.398 e. The third-order valence-electron chi connectivity index (χ3n) is 2.15. The highest BCUT2D eigenvalue weighted by Gasteiger charge is 2.01. The van der Waals surface area contributed by atoms with Crippen LogP contribution < -0.4 is 5.73 Å². The first-order chi connectivity index (χ1) is 7.16. The average Bonchev–Trinajstić information content (AvgIpc) is 2.22. The zero-order chi connectivity index (χ0) is 10.8. The first-order valence-corrected chi connectivity index (χ1v) is 5.65. The Kier molecular flexibility index (Phi) is 2.98. The summed E-state index contributed by atoms with van der Waals surface area (Å²) in [4.78, 5) is 0. The Hall–Kier alpha value is -0.990. The van der Waals surface area contributed by atoms with E-state index in [0.717, 1.165) is 15.6 Å². The van der Waals surface area contributed by atoms with Crippen LogP contribution in [0, 0.1) is 0 Å². The zero-order valence-electron chi connectivity index (χ0n) is 7.87. The van der Waals surface area contributed by atoms with Crippen molar-refractivity contribution in [1.82, 2.24) is 0 Å². The Morgan fingerprint density at radius 1 is 1.00 bits per heavy atom. The second-order valence-electron chi connectivity index (χ2n) is 3.25. The molecule has 1 nitrogen and oxygen atoms in total. The molecule has 0 heterocycles. The second-order valence-corrected chi connectivity index (χ2v) is 4.57. The average molecular weight is 283 g/mol. The fourth-order valence-electron chi connectivity index (χ4n) is 1.39. The minimum absolute atomic E-state index is 0.591. The van der Waals surface area contributed by atoms with Crippen LogP contribution in [-0.2, 0) is 0 Å². The summed E-state index contributed by atoms with van der Waals surface area (Å²) in [6, 6.07) is 13.7. The molecule has 0 aromatic heterocycles. The van der Waals surface area contributed by atoms with Gasteiger partial charge in [0.1, 0.15) is 0 Å². The monoisotopic (exact) mass is 281 g/mol. The molecule has 2 aromatic carbocycles. The smallest absolute Gasteiger partial charge is 0.0635 e. The second kappa shape index (κ2) is 4.25. The van der Waals surface area contributed by atoms with Crippen molar-refractivity contribution < 1.29 is 0 Å². The molecule has 0 amide bonds. The maximum atomic E-state index is 5.87. The number of hydrogen-bond acceptors (Lipinski definition) is 1. The standard InChI is InChI=1S/C12H9BrClN/c13-10-3-1-2-8(6-10)9-4-5-11(14)12(15)7-9/h1-7H,15H2. The summed E-state index contributed by atoms with van der Waals surface area (Å²) in [5.41, 5.74) is 8.54. The van der Waals surface area contributed by atoms with E-state index in [0.29, 0.717) is 10.7 Å². The van der Waals surface area contributed by atoms with Crippen molar-refractivity contribution in [3.63, 3.8) is 0 Å². The molecule has 0 fully saturated rings. The van der Waals surface area contributed by atoms with Gasteiger partial charge in [0.15, 0.2) is 0 Å². The SMILES string of the molecule is Nc1cc(-c2cccc(Br)c2)ccc1Cl. The van der Waals surface area contributed by atoms with E-state index < -0.39 is 0 Å². The topological polar surface area (TPSA) is 26.0 Å². The van der Waals surface area contributed by atoms with Gasteiger partial charge in [-0.05, 0) is 35.4 Å². The van der Waals surface area contributed by atoms with Crippen molar-refractivity contribution in [3.8, 4) is 11.1 Å². The lowest BCUT2D eigenvalue weighted by Crippen LogP contribution is -1.87. The molecule has 0 aliphatic carbocycles. The molecule has 2 rings (SSSR count). The molecule has 0 radical (unpaired) electrons. The van der Waals surface area contributed by atoms with Crippen molar-refractivity contribution >= 4 is 33.2 Å². The fourth-order valence-corrected chi connectivity index (χ4v) is 1.91. The Morgan fingerprint density at radius 2 is 1.73 bits per heavy atom. The summed E-state index contributed by atoms with van der Waals surface area (Å²) in [6.45, 7) is 0. The Bertz CT molecular complexity index is 497. The molecular formula is C12H9BrClN. The molecular weight excluding hydrogens is 273 g/mol. The van der Waals surface area contributed by atoms with E-state index >= 15 is 0 Å². The molecule has 15 heavy (non-hydrogen) atoms. The maximum absolute atomic E-state index is 5.87. The van der Waals surface area contributed by atoms with Crippen LogP contribution in [0.1, 0.15) is 0 Å². The summed E-state index contributed by atoms with van der Waals surface area (Å²) < 4.78 is 1.05. The molecule has 3 heteroatoms. The number of halogens is 2. The van der Waals surface area contributed by atoms with E-state index in [9.17, 15) is 0 Å². The molecule has 0 saturated carbocycles. The quantitative estimate of drug-likeness (QED) is 0.773. The normalized spacial score (nSPS) is 10.3. The third kappa shape index (κ3) is 2.33. The van der Waals surface area contributed by atoms with Gasteiger partial charge >= 0.3 is 0 Å². The summed E-state index contributed by atoms with van der Waals surface area (Å²) in [5.74, 6) is 0. The highest BCUT2D eigenvalue weighted by molar-refractivity contribution is 9.10. The number of rotatable bonds is 1. The van der Waals surface area contributed by atoms with Crippen molar-refractivity contribution in [1.29, 1.82) is 0 Å².